The maximum Gasteiger partial charge on any atom is 0.324 e. The number of benzene rings is 1. The van der Waals surface area contributed by atoms with E-state index in [0.29, 0.717) is 18.1 Å². The molecule has 1 fully saturated rings. The molecule has 1 atom stereocenters. The van der Waals surface area contributed by atoms with E-state index in [2.05, 4.69) is 46.7 Å². The predicted octanol–water partition coefficient (Wildman–Crippen LogP) is 3.40. The number of imidazole rings is 1. The summed E-state index contributed by atoms with van der Waals surface area (Å²) < 4.78 is 2.15. The van der Waals surface area contributed by atoms with Crippen LogP contribution in [0.3, 0.4) is 0 Å². The molecule has 1 aromatic carbocycles. The van der Waals surface area contributed by atoms with Gasteiger partial charge in [0.25, 0.3) is 0 Å². The average Bonchev–Trinajstić information content (AvgIpc) is 3.39. The predicted molar refractivity (Wildman–Crippen MR) is 114 cm³/mol. The van der Waals surface area contributed by atoms with Gasteiger partial charge in [-0.3, -0.25) is 10.1 Å². The number of hydrogen-bond acceptors (Lipinski definition) is 5. The lowest BCUT2D eigenvalue weighted by Crippen LogP contribution is -2.45. The van der Waals surface area contributed by atoms with E-state index in [0.717, 1.165) is 27.9 Å². The van der Waals surface area contributed by atoms with Gasteiger partial charge in [-0.25, -0.2) is 14.8 Å². The van der Waals surface area contributed by atoms with Gasteiger partial charge in [-0.1, -0.05) is 17.4 Å². The number of thiazole rings is 1. The monoisotopic (exact) mass is 412 g/mol. The summed E-state index contributed by atoms with van der Waals surface area (Å²) in [6.07, 6.45) is 4.98. The van der Waals surface area contributed by atoms with Crippen molar-refractivity contribution in [2.24, 2.45) is 5.73 Å². The zero-order valence-electron chi connectivity index (χ0n) is 16.7. The Hall–Kier alpha value is -2.94. The third-order valence-corrected chi connectivity index (χ3v) is 6.08. The summed E-state index contributed by atoms with van der Waals surface area (Å²) in [6.45, 7) is 6.93. The Morgan fingerprint density at radius 1 is 1.28 bits per heavy atom. The molecule has 2 aromatic heterocycles. The largest absolute Gasteiger partial charge is 0.368 e. The summed E-state index contributed by atoms with van der Waals surface area (Å²) in [6, 6.07) is 5.21. The fraction of sp³-hybridized carbons (Fsp3) is 0.400. The van der Waals surface area contributed by atoms with Crippen molar-refractivity contribution in [3.63, 3.8) is 0 Å². The maximum absolute atomic E-state index is 12.5. The topological polar surface area (TPSA) is 106 Å². The maximum atomic E-state index is 12.5. The number of hydrogen-bond donors (Lipinski definition) is 2. The van der Waals surface area contributed by atoms with E-state index in [1.165, 1.54) is 16.2 Å². The minimum Gasteiger partial charge on any atom is -0.368 e. The standard InChI is InChI=1S/C20H24N6O2S/c1-20(2,3)26-11-23-13-7-6-12(9-15(13)26)16-10-22-18(29-16)24-19(28)25-8-4-5-14(25)17(21)27/h6-7,9-11,14H,4-5,8H2,1-3H3,(H2,21,27)(H,22,24,28). The Labute approximate surface area is 172 Å². The molecule has 9 heteroatoms. The van der Waals surface area contributed by atoms with Crippen LogP contribution in [-0.4, -0.2) is 44.0 Å². The van der Waals surface area contributed by atoms with Crippen LogP contribution in [0.25, 0.3) is 21.5 Å². The molecule has 1 saturated heterocycles. The van der Waals surface area contributed by atoms with Crippen molar-refractivity contribution in [3.05, 3.63) is 30.7 Å². The third-order valence-electron chi connectivity index (χ3n) is 5.12. The number of carbonyl (C=O) groups excluding carboxylic acids is 2. The number of nitrogens with two attached hydrogens (primary N) is 1. The summed E-state index contributed by atoms with van der Waals surface area (Å²) in [7, 11) is 0. The van der Waals surface area contributed by atoms with Crippen molar-refractivity contribution in [2.75, 3.05) is 11.9 Å². The minimum absolute atomic E-state index is 0.0765. The molecule has 1 unspecified atom stereocenters. The lowest BCUT2D eigenvalue weighted by atomic mass is 10.1. The molecule has 4 rings (SSSR count). The number of aromatic nitrogens is 3. The Balaban J connectivity index is 1.56. The van der Waals surface area contributed by atoms with Gasteiger partial charge < -0.3 is 15.2 Å². The Morgan fingerprint density at radius 2 is 2.07 bits per heavy atom. The highest BCUT2D eigenvalue weighted by molar-refractivity contribution is 7.19. The molecule has 0 aliphatic carbocycles. The van der Waals surface area contributed by atoms with Crippen molar-refractivity contribution >= 4 is 39.4 Å². The number of fused-ring (bicyclic) bond motifs is 1. The van der Waals surface area contributed by atoms with Crippen molar-refractivity contribution in [3.8, 4) is 10.4 Å². The highest BCUT2D eigenvalue weighted by Gasteiger charge is 2.33. The van der Waals surface area contributed by atoms with E-state index in [1.54, 1.807) is 6.20 Å². The number of likely N-dealkylation sites (tertiary alicyclic amines) is 1. The highest BCUT2D eigenvalue weighted by atomic mass is 32.1. The van der Waals surface area contributed by atoms with Gasteiger partial charge in [-0.15, -0.1) is 0 Å². The first-order valence-electron chi connectivity index (χ1n) is 9.55. The molecular formula is C20H24N6O2S. The van der Waals surface area contributed by atoms with Crippen molar-refractivity contribution < 1.29 is 9.59 Å². The lowest BCUT2D eigenvalue weighted by molar-refractivity contribution is -0.121. The summed E-state index contributed by atoms with van der Waals surface area (Å²) in [4.78, 5) is 35.3. The van der Waals surface area contributed by atoms with Crippen molar-refractivity contribution in [1.29, 1.82) is 0 Å². The van der Waals surface area contributed by atoms with E-state index in [9.17, 15) is 9.59 Å². The number of amides is 3. The van der Waals surface area contributed by atoms with E-state index < -0.39 is 11.9 Å². The number of primary amides is 1. The average molecular weight is 413 g/mol. The van der Waals surface area contributed by atoms with Gasteiger partial charge in [0.1, 0.15) is 6.04 Å². The normalized spacial score (nSPS) is 17.1. The van der Waals surface area contributed by atoms with Crippen molar-refractivity contribution in [2.45, 2.75) is 45.2 Å². The zero-order valence-corrected chi connectivity index (χ0v) is 17.5. The number of carbonyl (C=O) groups is 2. The molecule has 152 valence electrons. The first kappa shape index (κ1) is 19.4. The fourth-order valence-electron chi connectivity index (χ4n) is 3.63. The van der Waals surface area contributed by atoms with Gasteiger partial charge in [-0.2, -0.15) is 0 Å². The molecule has 3 heterocycles. The number of urea groups is 1. The summed E-state index contributed by atoms with van der Waals surface area (Å²) in [5.41, 5.74) is 8.32. The van der Waals surface area contributed by atoms with Gasteiger partial charge in [0, 0.05) is 18.3 Å². The van der Waals surface area contributed by atoms with E-state index >= 15 is 0 Å². The second-order valence-electron chi connectivity index (χ2n) is 8.20. The first-order chi connectivity index (χ1) is 13.7. The quantitative estimate of drug-likeness (QED) is 0.687. The SMILES string of the molecule is CC(C)(C)n1cnc2ccc(-c3cnc(NC(=O)N4CCCC4C(N)=O)s3)cc21. The second kappa shape index (κ2) is 7.14. The van der Waals surface area contributed by atoms with Crippen LogP contribution in [-0.2, 0) is 10.3 Å². The number of anilines is 1. The van der Waals surface area contributed by atoms with Gasteiger partial charge >= 0.3 is 6.03 Å². The van der Waals surface area contributed by atoms with E-state index in [-0.39, 0.29) is 11.6 Å². The smallest absolute Gasteiger partial charge is 0.324 e. The van der Waals surface area contributed by atoms with Crippen molar-refractivity contribution in [1.82, 2.24) is 19.4 Å². The van der Waals surface area contributed by atoms with Crippen LogP contribution in [0.5, 0.6) is 0 Å². The summed E-state index contributed by atoms with van der Waals surface area (Å²) in [5.74, 6) is -0.471. The van der Waals surface area contributed by atoms with E-state index in [4.69, 9.17) is 5.73 Å². The molecule has 1 aliphatic rings. The van der Waals surface area contributed by atoms with Crippen LogP contribution in [0.15, 0.2) is 30.7 Å². The molecular weight excluding hydrogens is 388 g/mol. The number of rotatable bonds is 3. The molecule has 29 heavy (non-hydrogen) atoms. The van der Waals surface area contributed by atoms with Crippen LogP contribution < -0.4 is 11.1 Å². The lowest BCUT2D eigenvalue weighted by Gasteiger charge is -2.21. The Morgan fingerprint density at radius 3 is 2.79 bits per heavy atom. The van der Waals surface area contributed by atoms with Crippen LogP contribution in [0.2, 0.25) is 0 Å². The summed E-state index contributed by atoms with van der Waals surface area (Å²) >= 11 is 1.39. The van der Waals surface area contributed by atoms with Crippen LogP contribution in [0.4, 0.5) is 9.93 Å². The molecule has 1 aliphatic heterocycles. The zero-order chi connectivity index (χ0) is 20.8. The van der Waals surface area contributed by atoms with Crippen LogP contribution >= 0.6 is 11.3 Å². The Kier molecular flexibility index (Phi) is 4.77. The molecule has 3 amide bonds. The highest BCUT2D eigenvalue weighted by Crippen LogP contribution is 2.32. The molecule has 3 N–H and O–H groups in total. The molecule has 8 nitrogen and oxygen atoms in total. The fourth-order valence-corrected chi connectivity index (χ4v) is 4.43. The first-order valence-corrected chi connectivity index (χ1v) is 10.4. The second-order valence-corrected chi connectivity index (χ2v) is 9.23. The van der Waals surface area contributed by atoms with E-state index in [1.807, 2.05) is 18.5 Å². The third kappa shape index (κ3) is 3.69. The van der Waals surface area contributed by atoms with Crippen LogP contribution in [0, 0.1) is 0 Å². The number of nitrogens with one attached hydrogen (secondary N) is 1. The Bertz CT molecular complexity index is 1080. The van der Waals surface area contributed by atoms with Gasteiger partial charge in [0.05, 0.1) is 22.2 Å². The molecule has 3 aromatic rings. The molecule has 0 spiro atoms. The molecule has 0 saturated carbocycles. The molecule has 0 bridgehead atoms. The van der Waals surface area contributed by atoms with Gasteiger partial charge in [0.2, 0.25) is 5.91 Å². The molecule has 0 radical (unpaired) electrons. The summed E-state index contributed by atoms with van der Waals surface area (Å²) in [5, 5.41) is 3.29. The van der Waals surface area contributed by atoms with Gasteiger partial charge in [-0.05, 0) is 51.3 Å². The minimum atomic E-state index is -0.547. The number of nitrogens with zero attached hydrogens (tertiary/aromatic N) is 4. The van der Waals surface area contributed by atoms with Crippen LogP contribution in [0.1, 0.15) is 33.6 Å². The van der Waals surface area contributed by atoms with Gasteiger partial charge in [0.15, 0.2) is 5.13 Å².